The normalized spacial score (nSPS) is 13.7. The molecule has 0 fully saturated rings. The van der Waals surface area contributed by atoms with Crippen LogP contribution in [0.4, 0.5) is 0 Å². The zero-order valence-corrected chi connectivity index (χ0v) is 11.8. The van der Waals surface area contributed by atoms with Crippen LogP contribution in [-0.4, -0.2) is 25.8 Å². The Morgan fingerprint density at radius 2 is 1.94 bits per heavy atom. The predicted molar refractivity (Wildman–Crippen MR) is 67.8 cm³/mol. The van der Waals surface area contributed by atoms with Crippen LogP contribution in [-0.2, 0) is 14.6 Å². The van der Waals surface area contributed by atoms with E-state index < -0.39 is 15.3 Å². The van der Waals surface area contributed by atoms with Crippen molar-refractivity contribution in [3.63, 3.8) is 0 Å². The van der Waals surface area contributed by atoms with E-state index in [0.717, 1.165) is 0 Å². The summed E-state index contributed by atoms with van der Waals surface area (Å²) in [4.78, 5) is 0.217. The lowest BCUT2D eigenvalue weighted by molar-refractivity contribution is 0.133. The first-order chi connectivity index (χ1) is 7.52. The molecule has 0 aromatic heterocycles. The monoisotopic (exact) mass is 326 g/mol. The Kier molecular flexibility index (Phi) is 5.24. The SMILES string of the molecule is CCOC(CBr)S(=O)(=O)c1ccc(Cl)cc1. The van der Waals surface area contributed by atoms with Gasteiger partial charge in [-0.25, -0.2) is 8.42 Å². The molecule has 0 aliphatic rings. The van der Waals surface area contributed by atoms with Crippen molar-refractivity contribution in [2.75, 3.05) is 11.9 Å². The van der Waals surface area contributed by atoms with Crippen molar-refractivity contribution in [3.05, 3.63) is 29.3 Å². The topological polar surface area (TPSA) is 43.4 Å². The van der Waals surface area contributed by atoms with Gasteiger partial charge in [0.05, 0.1) is 4.90 Å². The van der Waals surface area contributed by atoms with Gasteiger partial charge in [0.1, 0.15) is 0 Å². The van der Waals surface area contributed by atoms with E-state index >= 15 is 0 Å². The number of alkyl halides is 1. The van der Waals surface area contributed by atoms with Gasteiger partial charge in [-0.05, 0) is 31.2 Å². The highest BCUT2D eigenvalue weighted by molar-refractivity contribution is 9.09. The van der Waals surface area contributed by atoms with Crippen LogP contribution in [0.5, 0.6) is 0 Å². The second-order valence-electron chi connectivity index (χ2n) is 3.04. The number of hydrogen-bond donors (Lipinski definition) is 0. The summed E-state index contributed by atoms with van der Waals surface area (Å²) in [5, 5.41) is 0.747. The maximum atomic E-state index is 12.1. The van der Waals surface area contributed by atoms with Gasteiger partial charge in [0.25, 0.3) is 0 Å². The third-order valence-corrected chi connectivity index (χ3v) is 5.16. The van der Waals surface area contributed by atoms with Gasteiger partial charge in [0, 0.05) is 17.0 Å². The molecule has 0 spiro atoms. The van der Waals surface area contributed by atoms with Crippen LogP contribution in [0.25, 0.3) is 0 Å². The Morgan fingerprint density at radius 1 is 1.38 bits per heavy atom. The fourth-order valence-electron chi connectivity index (χ4n) is 1.18. The summed E-state index contributed by atoms with van der Waals surface area (Å²) in [5.41, 5.74) is -0.862. The zero-order valence-electron chi connectivity index (χ0n) is 8.69. The first kappa shape index (κ1) is 14.0. The molecule has 1 unspecified atom stereocenters. The van der Waals surface area contributed by atoms with Gasteiger partial charge in [0.2, 0.25) is 9.84 Å². The molecule has 0 aliphatic carbocycles. The second kappa shape index (κ2) is 6.00. The molecule has 90 valence electrons. The highest BCUT2D eigenvalue weighted by atomic mass is 79.9. The minimum Gasteiger partial charge on any atom is -0.361 e. The van der Waals surface area contributed by atoms with Gasteiger partial charge in [-0.15, -0.1) is 0 Å². The number of hydrogen-bond acceptors (Lipinski definition) is 3. The van der Waals surface area contributed by atoms with Crippen molar-refractivity contribution in [2.24, 2.45) is 0 Å². The van der Waals surface area contributed by atoms with Gasteiger partial charge < -0.3 is 4.74 Å². The summed E-state index contributed by atoms with van der Waals surface area (Å²) in [6.07, 6.45) is 0. The third kappa shape index (κ3) is 3.20. The van der Waals surface area contributed by atoms with E-state index in [4.69, 9.17) is 16.3 Å². The molecule has 0 heterocycles. The van der Waals surface area contributed by atoms with E-state index in [2.05, 4.69) is 15.9 Å². The molecular weight excluding hydrogens is 316 g/mol. The van der Waals surface area contributed by atoms with E-state index in [1.807, 2.05) is 0 Å². The number of benzene rings is 1. The molecule has 0 bridgehead atoms. The van der Waals surface area contributed by atoms with Crippen LogP contribution in [0.15, 0.2) is 29.2 Å². The molecule has 1 rings (SSSR count). The first-order valence-electron chi connectivity index (χ1n) is 4.69. The van der Waals surface area contributed by atoms with Gasteiger partial charge in [-0.3, -0.25) is 0 Å². The van der Waals surface area contributed by atoms with E-state index in [0.29, 0.717) is 11.6 Å². The molecule has 1 aromatic carbocycles. The fourth-order valence-corrected chi connectivity index (χ4v) is 3.84. The molecule has 0 N–H and O–H groups in total. The summed E-state index contributed by atoms with van der Waals surface area (Å²) in [7, 11) is -3.46. The molecule has 0 saturated carbocycles. The number of ether oxygens (including phenoxy) is 1. The zero-order chi connectivity index (χ0) is 12.2. The van der Waals surface area contributed by atoms with E-state index in [1.165, 1.54) is 12.1 Å². The van der Waals surface area contributed by atoms with Crippen LogP contribution >= 0.6 is 27.5 Å². The molecule has 1 aromatic rings. The summed E-state index contributed by atoms with van der Waals surface area (Å²) in [6.45, 7) is 2.11. The van der Waals surface area contributed by atoms with Crippen molar-refractivity contribution in [1.29, 1.82) is 0 Å². The van der Waals surface area contributed by atoms with Crippen molar-refractivity contribution in [1.82, 2.24) is 0 Å². The van der Waals surface area contributed by atoms with Gasteiger partial charge in [-0.1, -0.05) is 27.5 Å². The van der Waals surface area contributed by atoms with Crippen molar-refractivity contribution >= 4 is 37.4 Å². The molecule has 6 heteroatoms. The Bertz CT molecular complexity index is 430. The van der Waals surface area contributed by atoms with E-state index in [1.54, 1.807) is 19.1 Å². The largest absolute Gasteiger partial charge is 0.361 e. The summed E-state index contributed by atoms with van der Waals surface area (Å²) in [5.74, 6) is 0. The molecule has 1 atom stereocenters. The van der Waals surface area contributed by atoms with Crippen LogP contribution in [0.2, 0.25) is 5.02 Å². The average Bonchev–Trinajstić information content (AvgIpc) is 2.26. The van der Waals surface area contributed by atoms with Gasteiger partial charge in [-0.2, -0.15) is 0 Å². The van der Waals surface area contributed by atoms with E-state index in [-0.39, 0.29) is 10.2 Å². The Hall–Kier alpha value is -0.100. The van der Waals surface area contributed by atoms with Crippen LogP contribution in [0.1, 0.15) is 6.92 Å². The lowest BCUT2D eigenvalue weighted by Crippen LogP contribution is -2.26. The van der Waals surface area contributed by atoms with Crippen molar-refractivity contribution in [3.8, 4) is 0 Å². The molecule has 0 saturated heterocycles. The molecule has 3 nitrogen and oxygen atoms in total. The smallest absolute Gasteiger partial charge is 0.206 e. The minimum absolute atomic E-state index is 0.217. The Morgan fingerprint density at radius 3 is 2.38 bits per heavy atom. The second-order valence-corrected chi connectivity index (χ2v) is 6.21. The van der Waals surface area contributed by atoms with Crippen LogP contribution < -0.4 is 0 Å². The molecule has 0 radical (unpaired) electrons. The van der Waals surface area contributed by atoms with Gasteiger partial charge >= 0.3 is 0 Å². The predicted octanol–water partition coefficient (Wildman–Crippen LogP) is 2.87. The minimum atomic E-state index is -3.46. The fraction of sp³-hybridized carbons (Fsp3) is 0.400. The quantitative estimate of drug-likeness (QED) is 0.781. The lowest BCUT2D eigenvalue weighted by Gasteiger charge is -2.15. The Balaban J connectivity index is 3.04. The summed E-state index contributed by atoms with van der Waals surface area (Å²) >= 11 is 8.84. The number of rotatable bonds is 5. The summed E-state index contributed by atoms with van der Waals surface area (Å²) < 4.78 is 29.3. The molecular formula is C10H12BrClO3S. The maximum Gasteiger partial charge on any atom is 0.206 e. The van der Waals surface area contributed by atoms with Gasteiger partial charge in [0.15, 0.2) is 5.44 Å². The maximum absolute atomic E-state index is 12.1. The standard InChI is InChI=1S/C10H12BrClO3S/c1-2-15-10(7-11)16(13,14)9-5-3-8(12)4-6-9/h3-6,10H,2,7H2,1H3. The van der Waals surface area contributed by atoms with Crippen LogP contribution in [0.3, 0.4) is 0 Å². The average molecular weight is 328 g/mol. The Labute approximate surface area is 109 Å². The van der Waals surface area contributed by atoms with Crippen LogP contribution in [0, 0.1) is 0 Å². The van der Waals surface area contributed by atoms with E-state index in [9.17, 15) is 8.42 Å². The first-order valence-corrected chi connectivity index (χ1v) is 7.74. The van der Waals surface area contributed by atoms with Crippen molar-refractivity contribution < 1.29 is 13.2 Å². The molecule has 16 heavy (non-hydrogen) atoms. The highest BCUT2D eigenvalue weighted by Gasteiger charge is 2.26. The lowest BCUT2D eigenvalue weighted by atomic mass is 10.4. The summed E-state index contributed by atoms with van der Waals surface area (Å²) in [6, 6.07) is 6.05. The number of halogens is 2. The number of sulfone groups is 1. The third-order valence-electron chi connectivity index (χ3n) is 1.97. The highest BCUT2D eigenvalue weighted by Crippen LogP contribution is 2.20. The molecule has 0 aliphatic heterocycles. The molecule has 0 amide bonds. The van der Waals surface area contributed by atoms with Crippen molar-refractivity contribution in [2.45, 2.75) is 17.3 Å².